The van der Waals surface area contributed by atoms with Crippen molar-refractivity contribution in [2.45, 2.75) is 49.3 Å². The summed E-state index contributed by atoms with van der Waals surface area (Å²) in [5, 5.41) is 9.20. The van der Waals surface area contributed by atoms with Crippen LogP contribution in [0.3, 0.4) is 0 Å². The Labute approximate surface area is 228 Å². The van der Waals surface area contributed by atoms with E-state index in [-0.39, 0.29) is 0 Å². The summed E-state index contributed by atoms with van der Waals surface area (Å²) in [6.07, 6.45) is 5.03. The maximum Gasteiger partial charge on any atom is 0.110 e. The van der Waals surface area contributed by atoms with Gasteiger partial charge in [0, 0.05) is 9.79 Å². The molecule has 0 amide bonds. The Balaban J connectivity index is 1.62. The molecule has 168 valence electrons. The first-order valence-corrected chi connectivity index (χ1v) is 17.5. The Bertz CT molecular complexity index is 1220. The third-order valence-corrected chi connectivity index (χ3v) is 16.4. The standard InChI is InChI=1S/C22H21NS9/c1-3-5-9-25-19-20(26-10-6-4-2)32-22(31-19)21-29-16(17(24)30-21)18-27-14-8-7-13(12-23)11-15(14)28-18/h7-8,11H,3-6,9-10H2,1-2H3/b18-16-. The van der Waals surface area contributed by atoms with Crippen molar-refractivity contribution in [1.29, 1.82) is 5.26 Å². The molecular formula is C22H21NS9. The zero-order valence-electron chi connectivity index (χ0n) is 17.6. The third kappa shape index (κ3) is 6.21. The van der Waals surface area contributed by atoms with E-state index in [1.165, 1.54) is 72.3 Å². The molecule has 2 aromatic rings. The third-order valence-electron chi connectivity index (χ3n) is 4.40. The van der Waals surface area contributed by atoms with Gasteiger partial charge in [-0.25, -0.2) is 0 Å². The highest BCUT2D eigenvalue weighted by Gasteiger charge is 2.24. The predicted octanol–water partition coefficient (Wildman–Crippen LogP) is 9.11. The summed E-state index contributed by atoms with van der Waals surface area (Å²) in [4.78, 5) is 2.39. The Morgan fingerprint density at radius 3 is 2.16 bits per heavy atom. The molecule has 0 bridgehead atoms. The number of hydrogen-bond donors (Lipinski definition) is 0. The van der Waals surface area contributed by atoms with Gasteiger partial charge in [0.2, 0.25) is 0 Å². The minimum atomic E-state index is 0.716. The van der Waals surface area contributed by atoms with Crippen LogP contribution < -0.4 is 8.38 Å². The molecular weight excluding hydrogens is 567 g/mol. The van der Waals surface area contributed by atoms with Gasteiger partial charge < -0.3 is 0 Å². The molecule has 1 aromatic carbocycles. The van der Waals surface area contributed by atoms with Gasteiger partial charge in [0.05, 0.1) is 33.1 Å². The Hall–Kier alpha value is 0.560. The van der Waals surface area contributed by atoms with Gasteiger partial charge in [0.1, 0.15) is 7.67 Å². The van der Waals surface area contributed by atoms with Crippen LogP contribution in [0.25, 0.3) is 8.47 Å². The Kier molecular flexibility index (Phi) is 10.0. The van der Waals surface area contributed by atoms with E-state index in [2.05, 4.69) is 26.0 Å². The number of nitrogens with zero attached hydrogens (tertiary/aromatic N) is 1. The Morgan fingerprint density at radius 2 is 1.53 bits per heavy atom. The van der Waals surface area contributed by atoms with Crippen LogP contribution in [0.4, 0.5) is 0 Å². The lowest BCUT2D eigenvalue weighted by molar-refractivity contribution is 0.897. The van der Waals surface area contributed by atoms with E-state index in [1.54, 1.807) is 34.9 Å². The lowest BCUT2D eigenvalue weighted by atomic mass is 10.2. The van der Waals surface area contributed by atoms with E-state index in [9.17, 15) is 5.26 Å². The van der Waals surface area contributed by atoms with Crippen LogP contribution >= 0.6 is 105 Å². The second-order valence-electron chi connectivity index (χ2n) is 6.84. The number of unbranched alkanes of at least 4 members (excludes halogenated alkanes) is 2. The molecule has 0 aliphatic carbocycles. The molecule has 2 aliphatic heterocycles. The van der Waals surface area contributed by atoms with Crippen LogP contribution in [0.1, 0.15) is 45.1 Å². The second kappa shape index (κ2) is 12.5. The van der Waals surface area contributed by atoms with Crippen molar-refractivity contribution in [3.05, 3.63) is 44.4 Å². The second-order valence-corrected chi connectivity index (χ2v) is 17.2. The van der Waals surface area contributed by atoms with Crippen LogP contribution in [-0.2, 0) is 0 Å². The summed E-state index contributed by atoms with van der Waals surface area (Å²) in [6.45, 7) is 4.52. The zero-order valence-corrected chi connectivity index (χ0v) is 24.9. The summed E-state index contributed by atoms with van der Waals surface area (Å²) < 4.78 is 9.15. The number of rotatable bonds is 8. The molecule has 0 saturated carbocycles. The van der Waals surface area contributed by atoms with Gasteiger partial charge in [-0.15, -0.1) is 46.2 Å². The molecule has 0 N–H and O–H groups in total. The van der Waals surface area contributed by atoms with Crippen molar-refractivity contribution in [2.75, 3.05) is 11.5 Å². The molecule has 2 aliphatic rings. The Morgan fingerprint density at radius 1 is 0.875 bits per heavy atom. The van der Waals surface area contributed by atoms with Crippen molar-refractivity contribution in [3.8, 4) is 6.07 Å². The monoisotopic (exact) mass is 587 g/mol. The normalized spacial score (nSPS) is 17.2. The molecule has 10 heteroatoms. The average Bonchev–Trinajstić information content (AvgIpc) is 3.50. The van der Waals surface area contributed by atoms with Crippen LogP contribution in [0.2, 0.25) is 0 Å². The number of benzene rings is 1. The van der Waals surface area contributed by atoms with Gasteiger partial charge in [-0.3, -0.25) is 0 Å². The minimum Gasteiger partial charge on any atom is -0.192 e. The van der Waals surface area contributed by atoms with E-state index >= 15 is 0 Å². The highest BCUT2D eigenvalue weighted by atomic mass is 32.3. The summed E-state index contributed by atoms with van der Waals surface area (Å²) in [7, 11) is 0. The zero-order chi connectivity index (χ0) is 22.5. The van der Waals surface area contributed by atoms with Gasteiger partial charge in [-0.05, 0) is 42.5 Å². The molecule has 1 nitrogen and oxygen atoms in total. The first-order valence-electron chi connectivity index (χ1n) is 10.3. The summed E-state index contributed by atoms with van der Waals surface area (Å²) >= 11 is 20.9. The molecule has 0 fully saturated rings. The van der Waals surface area contributed by atoms with Gasteiger partial charge in [-0.2, -0.15) is 5.26 Å². The fourth-order valence-corrected chi connectivity index (χ4v) is 15.1. The van der Waals surface area contributed by atoms with Crippen molar-refractivity contribution < 1.29 is 0 Å². The van der Waals surface area contributed by atoms with Gasteiger partial charge >= 0.3 is 0 Å². The first-order chi connectivity index (χ1) is 15.6. The molecule has 0 radical (unpaired) electrons. The van der Waals surface area contributed by atoms with Crippen LogP contribution in [0.5, 0.6) is 0 Å². The van der Waals surface area contributed by atoms with E-state index in [0.29, 0.717) is 5.56 Å². The minimum absolute atomic E-state index is 0.716. The van der Waals surface area contributed by atoms with Crippen molar-refractivity contribution >= 4 is 114 Å². The molecule has 0 unspecified atom stereocenters. The first kappa shape index (κ1) is 25.6. The summed E-state index contributed by atoms with van der Waals surface area (Å²) in [6, 6.07) is 8.19. The van der Waals surface area contributed by atoms with Gasteiger partial charge in [0.15, 0.2) is 0 Å². The molecule has 0 spiro atoms. The highest BCUT2D eigenvalue weighted by Crippen LogP contribution is 2.58. The average molecular weight is 588 g/mol. The number of fused-ring (bicyclic) bond motifs is 1. The smallest absolute Gasteiger partial charge is 0.110 e. The van der Waals surface area contributed by atoms with Gasteiger partial charge in [-0.1, -0.05) is 86.0 Å². The molecule has 0 saturated heterocycles. The number of thioether (sulfide) groups is 6. The van der Waals surface area contributed by atoms with Crippen molar-refractivity contribution in [3.63, 3.8) is 0 Å². The van der Waals surface area contributed by atoms with E-state index in [0.717, 1.165) is 3.82 Å². The molecule has 32 heavy (non-hydrogen) atoms. The van der Waals surface area contributed by atoms with Crippen molar-refractivity contribution in [2.24, 2.45) is 0 Å². The lowest BCUT2D eigenvalue weighted by Gasteiger charge is -2.03. The lowest BCUT2D eigenvalue weighted by Crippen LogP contribution is -1.96. The largest absolute Gasteiger partial charge is 0.192 e. The summed E-state index contributed by atoms with van der Waals surface area (Å²) in [5.41, 5.74) is 0.716. The van der Waals surface area contributed by atoms with Crippen LogP contribution in [0.15, 0.2) is 36.5 Å². The topological polar surface area (TPSA) is 23.8 Å². The maximum atomic E-state index is 9.20. The fraction of sp³-hybridized carbons (Fsp3) is 0.364. The number of hydrogen-bond acceptors (Lipinski definition) is 10. The molecule has 0 atom stereocenters. The summed E-state index contributed by atoms with van der Waals surface area (Å²) in [5.74, 6) is 2.40. The fourth-order valence-electron chi connectivity index (χ4n) is 2.70. The molecule has 1 aromatic heterocycles. The highest BCUT2D eigenvalue weighted by molar-refractivity contribution is 8.45. The van der Waals surface area contributed by atoms with Crippen LogP contribution in [0, 0.1) is 15.2 Å². The van der Waals surface area contributed by atoms with E-state index in [4.69, 9.17) is 12.2 Å². The van der Waals surface area contributed by atoms with Crippen LogP contribution in [-0.4, -0.2) is 11.5 Å². The quantitative estimate of drug-likeness (QED) is 0.223. The van der Waals surface area contributed by atoms with Gasteiger partial charge in [0.25, 0.3) is 0 Å². The number of nitriles is 1. The molecule has 4 rings (SSSR count). The van der Waals surface area contributed by atoms with E-state index in [1.807, 2.05) is 70.5 Å². The maximum absolute atomic E-state index is 9.20. The van der Waals surface area contributed by atoms with E-state index < -0.39 is 0 Å². The predicted molar refractivity (Wildman–Crippen MR) is 159 cm³/mol. The van der Waals surface area contributed by atoms with Crippen molar-refractivity contribution in [1.82, 2.24) is 0 Å². The molecule has 3 heterocycles. The SMILES string of the molecule is CCCCSC1=C(SCCCC)SC(=c2sc(=S)/c(=C3\Sc4ccc(C#N)cc4S3)s2)S1.